The van der Waals surface area contributed by atoms with E-state index in [1.807, 2.05) is 18.2 Å². The predicted octanol–water partition coefficient (Wildman–Crippen LogP) is 5.63. The first-order chi connectivity index (χ1) is 15.9. The normalized spacial score (nSPS) is 11.0. The van der Waals surface area contributed by atoms with Gasteiger partial charge in [-0.2, -0.15) is 5.10 Å². The summed E-state index contributed by atoms with van der Waals surface area (Å²) >= 11 is 0. The zero-order valence-electron chi connectivity index (χ0n) is 19.4. The molecule has 1 aromatic heterocycles. The molecular weight excluding hydrogens is 418 g/mol. The van der Waals surface area contributed by atoms with E-state index in [2.05, 4.69) is 53.6 Å². The second-order valence-corrected chi connectivity index (χ2v) is 7.98. The summed E-state index contributed by atoms with van der Waals surface area (Å²) in [6.45, 7) is 4.36. The number of methoxy groups -OCH3 is 3. The number of hydrogen-bond donors (Lipinski definition) is 2. The molecule has 0 saturated heterocycles. The number of carbonyl (C=O) groups excluding carboxylic acids is 1. The van der Waals surface area contributed by atoms with Gasteiger partial charge in [-0.1, -0.05) is 44.2 Å². The molecule has 0 unspecified atom stereocenters. The number of amides is 1. The van der Waals surface area contributed by atoms with Crippen LogP contribution in [0.2, 0.25) is 0 Å². The van der Waals surface area contributed by atoms with Gasteiger partial charge in [0.25, 0.3) is 5.91 Å². The third-order valence-electron chi connectivity index (χ3n) is 5.63. The minimum absolute atomic E-state index is 0.337. The summed E-state index contributed by atoms with van der Waals surface area (Å²) in [5.74, 6) is 1.84. The van der Waals surface area contributed by atoms with E-state index in [0.717, 1.165) is 22.0 Å². The lowest BCUT2D eigenvalue weighted by Crippen LogP contribution is -2.13. The van der Waals surface area contributed by atoms with Crippen molar-refractivity contribution in [3.63, 3.8) is 0 Å². The fraction of sp³-hybridized carbons (Fsp3) is 0.231. The van der Waals surface area contributed by atoms with E-state index in [1.54, 1.807) is 12.1 Å². The summed E-state index contributed by atoms with van der Waals surface area (Å²) in [6, 6.07) is 17.8. The fourth-order valence-corrected chi connectivity index (χ4v) is 3.75. The molecule has 0 bridgehead atoms. The lowest BCUT2D eigenvalue weighted by atomic mass is 9.98. The molecule has 0 aliphatic rings. The number of ether oxygens (including phenoxy) is 3. The number of aromatic nitrogens is 2. The van der Waals surface area contributed by atoms with E-state index in [1.165, 1.54) is 26.9 Å². The number of hydrogen-bond acceptors (Lipinski definition) is 5. The van der Waals surface area contributed by atoms with Crippen LogP contribution in [0.1, 0.15) is 35.7 Å². The van der Waals surface area contributed by atoms with Crippen molar-refractivity contribution >= 4 is 22.6 Å². The van der Waals surface area contributed by atoms with Crippen molar-refractivity contribution in [1.82, 2.24) is 10.2 Å². The van der Waals surface area contributed by atoms with Crippen molar-refractivity contribution in [3.05, 3.63) is 65.7 Å². The Hall–Kier alpha value is -4.00. The molecule has 7 heteroatoms. The van der Waals surface area contributed by atoms with Gasteiger partial charge in [0.2, 0.25) is 5.75 Å². The molecular formula is C26H27N3O4. The topological polar surface area (TPSA) is 85.5 Å². The smallest absolute Gasteiger partial charge is 0.257 e. The number of nitrogens with one attached hydrogen (secondary N) is 2. The Bertz CT molecular complexity index is 1270. The minimum atomic E-state index is -0.337. The van der Waals surface area contributed by atoms with E-state index >= 15 is 0 Å². The van der Waals surface area contributed by atoms with Gasteiger partial charge in [0.05, 0.1) is 26.8 Å². The highest BCUT2D eigenvalue weighted by Gasteiger charge is 2.18. The van der Waals surface area contributed by atoms with Crippen LogP contribution in [0.15, 0.2) is 54.6 Å². The maximum Gasteiger partial charge on any atom is 0.257 e. The number of carbonyl (C=O) groups is 1. The third-order valence-corrected chi connectivity index (χ3v) is 5.63. The second kappa shape index (κ2) is 9.24. The first kappa shape index (κ1) is 22.2. The first-order valence-electron chi connectivity index (χ1n) is 10.6. The van der Waals surface area contributed by atoms with Crippen molar-refractivity contribution in [2.75, 3.05) is 26.6 Å². The van der Waals surface area contributed by atoms with Gasteiger partial charge in [-0.25, -0.2) is 0 Å². The SMILES string of the molecule is COc1cc(C(=O)Nc2n[nH]c3cc(-c4ccc(C(C)C)cc4)ccc23)cc(OC)c1OC. The molecule has 7 nitrogen and oxygen atoms in total. The Morgan fingerprint density at radius 2 is 1.52 bits per heavy atom. The molecule has 4 rings (SSSR count). The molecule has 33 heavy (non-hydrogen) atoms. The molecule has 0 fully saturated rings. The Kier molecular flexibility index (Phi) is 6.22. The van der Waals surface area contributed by atoms with Gasteiger partial charge in [0, 0.05) is 10.9 Å². The summed E-state index contributed by atoms with van der Waals surface area (Å²) in [5.41, 5.74) is 4.70. The van der Waals surface area contributed by atoms with Crippen LogP contribution < -0.4 is 19.5 Å². The Labute approximate surface area is 192 Å². The molecule has 2 N–H and O–H groups in total. The van der Waals surface area contributed by atoms with Crippen LogP contribution in [-0.4, -0.2) is 37.4 Å². The number of aromatic amines is 1. The average Bonchev–Trinajstić information content (AvgIpc) is 3.24. The minimum Gasteiger partial charge on any atom is -0.493 e. The van der Waals surface area contributed by atoms with Crippen molar-refractivity contribution < 1.29 is 19.0 Å². The van der Waals surface area contributed by atoms with E-state index in [4.69, 9.17) is 14.2 Å². The van der Waals surface area contributed by atoms with Gasteiger partial charge in [0.1, 0.15) is 0 Å². The Morgan fingerprint density at radius 3 is 2.09 bits per heavy atom. The Morgan fingerprint density at radius 1 is 0.879 bits per heavy atom. The number of anilines is 1. The number of H-pyrrole nitrogens is 1. The lowest BCUT2D eigenvalue weighted by molar-refractivity contribution is 0.102. The predicted molar refractivity (Wildman–Crippen MR) is 130 cm³/mol. The lowest BCUT2D eigenvalue weighted by Gasteiger charge is -2.13. The van der Waals surface area contributed by atoms with E-state index in [-0.39, 0.29) is 5.91 Å². The first-order valence-corrected chi connectivity index (χ1v) is 10.6. The maximum atomic E-state index is 13.0. The van der Waals surface area contributed by atoms with Gasteiger partial charge in [0.15, 0.2) is 17.3 Å². The quantitative estimate of drug-likeness (QED) is 0.385. The van der Waals surface area contributed by atoms with Gasteiger partial charge in [-0.15, -0.1) is 0 Å². The summed E-state index contributed by atoms with van der Waals surface area (Å²) in [6.07, 6.45) is 0. The number of nitrogens with zero attached hydrogens (tertiary/aromatic N) is 1. The highest BCUT2D eigenvalue weighted by molar-refractivity contribution is 6.08. The summed E-state index contributed by atoms with van der Waals surface area (Å²) < 4.78 is 16.0. The van der Waals surface area contributed by atoms with E-state index in [0.29, 0.717) is 34.5 Å². The molecule has 0 saturated carbocycles. The second-order valence-electron chi connectivity index (χ2n) is 7.98. The van der Waals surface area contributed by atoms with Crippen LogP contribution in [0.5, 0.6) is 17.2 Å². The van der Waals surface area contributed by atoms with Crippen LogP contribution in [0, 0.1) is 0 Å². The van der Waals surface area contributed by atoms with Crippen molar-refractivity contribution in [2.24, 2.45) is 0 Å². The molecule has 0 aliphatic heterocycles. The van der Waals surface area contributed by atoms with Crippen LogP contribution in [-0.2, 0) is 0 Å². The van der Waals surface area contributed by atoms with Crippen molar-refractivity contribution in [3.8, 4) is 28.4 Å². The van der Waals surface area contributed by atoms with Crippen LogP contribution in [0.3, 0.4) is 0 Å². The fourth-order valence-electron chi connectivity index (χ4n) is 3.75. The number of fused-ring (bicyclic) bond motifs is 1. The van der Waals surface area contributed by atoms with Crippen molar-refractivity contribution in [2.45, 2.75) is 19.8 Å². The largest absolute Gasteiger partial charge is 0.493 e. The summed E-state index contributed by atoms with van der Waals surface area (Å²) in [7, 11) is 4.53. The number of rotatable bonds is 7. The molecule has 170 valence electrons. The molecule has 1 amide bonds. The molecule has 0 atom stereocenters. The highest BCUT2D eigenvalue weighted by atomic mass is 16.5. The van der Waals surface area contributed by atoms with Gasteiger partial charge in [-0.3, -0.25) is 9.89 Å². The van der Waals surface area contributed by atoms with E-state index < -0.39 is 0 Å². The molecule has 3 aromatic carbocycles. The molecule has 0 radical (unpaired) electrons. The highest BCUT2D eigenvalue weighted by Crippen LogP contribution is 2.38. The average molecular weight is 446 g/mol. The van der Waals surface area contributed by atoms with Crippen molar-refractivity contribution in [1.29, 1.82) is 0 Å². The number of benzene rings is 3. The van der Waals surface area contributed by atoms with Crippen LogP contribution >= 0.6 is 0 Å². The monoisotopic (exact) mass is 445 g/mol. The third kappa shape index (κ3) is 4.35. The van der Waals surface area contributed by atoms with Crippen LogP contribution in [0.4, 0.5) is 5.82 Å². The summed E-state index contributed by atoms with van der Waals surface area (Å²) in [5, 5.41) is 11.0. The maximum absolute atomic E-state index is 13.0. The van der Waals surface area contributed by atoms with E-state index in [9.17, 15) is 4.79 Å². The zero-order valence-corrected chi connectivity index (χ0v) is 19.4. The van der Waals surface area contributed by atoms with Gasteiger partial charge < -0.3 is 19.5 Å². The zero-order chi connectivity index (χ0) is 23.5. The molecule has 0 aliphatic carbocycles. The van der Waals surface area contributed by atoms with Gasteiger partial charge >= 0.3 is 0 Å². The molecule has 4 aromatic rings. The Balaban J connectivity index is 1.60. The molecule has 0 spiro atoms. The van der Waals surface area contributed by atoms with Crippen LogP contribution in [0.25, 0.3) is 22.0 Å². The standard InChI is InChI=1S/C26H27N3O4/c1-15(2)16-6-8-17(9-7-16)18-10-11-20-21(12-18)28-29-25(20)27-26(30)19-13-22(31-3)24(33-5)23(14-19)32-4/h6-15H,1-5H3,(H2,27,28,29,30). The molecule has 1 heterocycles. The van der Waals surface area contributed by atoms with Gasteiger partial charge in [-0.05, 0) is 46.9 Å². The summed E-state index contributed by atoms with van der Waals surface area (Å²) in [4.78, 5) is 13.0.